The summed E-state index contributed by atoms with van der Waals surface area (Å²) >= 11 is 6.06. The number of furan rings is 1. The Hall–Kier alpha value is -2.41. The number of rotatable bonds is 3. The van der Waals surface area contributed by atoms with E-state index >= 15 is 0 Å². The molecule has 1 aliphatic carbocycles. The zero-order valence-corrected chi connectivity index (χ0v) is 13.5. The first-order valence-electron chi connectivity index (χ1n) is 7.92. The van der Waals surface area contributed by atoms with Crippen molar-refractivity contribution in [1.29, 1.82) is 0 Å². The van der Waals surface area contributed by atoms with Crippen molar-refractivity contribution in [3.05, 3.63) is 33.6 Å². The second-order valence-corrected chi connectivity index (χ2v) is 6.38. The van der Waals surface area contributed by atoms with Gasteiger partial charge in [-0.1, -0.05) is 19.3 Å². The first-order valence-corrected chi connectivity index (χ1v) is 8.30. The summed E-state index contributed by atoms with van der Waals surface area (Å²) in [5.74, 6) is 0.552. The van der Waals surface area contributed by atoms with Crippen LogP contribution in [0.5, 0.6) is 0 Å². The Balaban J connectivity index is 1.84. The molecule has 1 fully saturated rings. The number of fused-ring (bicyclic) bond motifs is 3. The van der Waals surface area contributed by atoms with Crippen molar-refractivity contribution in [2.24, 2.45) is 0 Å². The van der Waals surface area contributed by atoms with Crippen LogP contribution in [0.1, 0.15) is 32.1 Å². The van der Waals surface area contributed by atoms with Crippen LogP contribution in [0, 0.1) is 10.1 Å². The molecule has 0 unspecified atom stereocenters. The van der Waals surface area contributed by atoms with Gasteiger partial charge in [0.25, 0.3) is 5.69 Å². The summed E-state index contributed by atoms with van der Waals surface area (Å²) in [6.07, 6.45) is 5.79. The van der Waals surface area contributed by atoms with Crippen LogP contribution in [-0.2, 0) is 0 Å². The number of nitro groups is 1. The molecule has 0 spiro atoms. The number of nitro benzene ring substituents is 1. The summed E-state index contributed by atoms with van der Waals surface area (Å²) < 4.78 is 5.85. The Labute approximate surface area is 142 Å². The summed E-state index contributed by atoms with van der Waals surface area (Å²) in [4.78, 5) is 19.0. The predicted molar refractivity (Wildman–Crippen MR) is 91.5 cm³/mol. The second-order valence-electron chi connectivity index (χ2n) is 6.04. The van der Waals surface area contributed by atoms with Gasteiger partial charge in [-0.15, -0.1) is 0 Å². The van der Waals surface area contributed by atoms with E-state index in [9.17, 15) is 10.1 Å². The van der Waals surface area contributed by atoms with E-state index in [2.05, 4.69) is 15.3 Å². The number of benzene rings is 1. The van der Waals surface area contributed by atoms with Gasteiger partial charge in [-0.2, -0.15) is 4.98 Å². The molecule has 2 aromatic heterocycles. The number of anilines is 1. The van der Waals surface area contributed by atoms with Crippen LogP contribution in [0.15, 0.2) is 22.6 Å². The number of hydrogen-bond acceptors (Lipinski definition) is 6. The maximum atomic E-state index is 11.0. The van der Waals surface area contributed by atoms with E-state index in [4.69, 9.17) is 16.0 Å². The fourth-order valence-corrected chi connectivity index (χ4v) is 3.43. The van der Waals surface area contributed by atoms with Gasteiger partial charge in [-0.05, 0) is 30.5 Å². The number of non-ortho nitro benzene ring substituents is 1. The Bertz CT molecular complexity index is 934. The molecule has 0 atom stereocenters. The molecule has 24 heavy (non-hydrogen) atoms. The van der Waals surface area contributed by atoms with E-state index in [-0.39, 0.29) is 11.0 Å². The molecule has 0 aliphatic heterocycles. The molecule has 0 bridgehead atoms. The van der Waals surface area contributed by atoms with Gasteiger partial charge in [-0.3, -0.25) is 10.1 Å². The minimum absolute atomic E-state index is 0.0123. The second kappa shape index (κ2) is 5.90. The molecule has 1 N–H and O–H groups in total. The van der Waals surface area contributed by atoms with Crippen LogP contribution >= 0.6 is 11.6 Å². The third-order valence-corrected chi connectivity index (χ3v) is 4.59. The largest absolute Gasteiger partial charge is 0.450 e. The van der Waals surface area contributed by atoms with Gasteiger partial charge < -0.3 is 9.73 Å². The van der Waals surface area contributed by atoms with Crippen LogP contribution in [-0.4, -0.2) is 20.9 Å². The van der Waals surface area contributed by atoms with Crippen molar-refractivity contribution < 1.29 is 9.34 Å². The quantitative estimate of drug-likeness (QED) is 0.420. The zero-order chi connectivity index (χ0) is 16.7. The summed E-state index contributed by atoms with van der Waals surface area (Å²) in [6, 6.07) is 4.77. The van der Waals surface area contributed by atoms with Gasteiger partial charge >= 0.3 is 0 Å². The minimum Gasteiger partial charge on any atom is -0.450 e. The molecule has 8 heteroatoms. The summed E-state index contributed by atoms with van der Waals surface area (Å²) in [6.45, 7) is 0. The van der Waals surface area contributed by atoms with Crippen molar-refractivity contribution in [2.45, 2.75) is 38.1 Å². The van der Waals surface area contributed by atoms with E-state index in [1.54, 1.807) is 6.07 Å². The molecule has 0 radical (unpaired) electrons. The van der Waals surface area contributed by atoms with Gasteiger partial charge in [0.2, 0.25) is 5.28 Å². The lowest BCUT2D eigenvalue weighted by atomic mass is 9.95. The normalized spacial score (nSPS) is 15.9. The molecular formula is C16H15ClN4O3. The van der Waals surface area contributed by atoms with Crippen LogP contribution in [0.4, 0.5) is 11.5 Å². The summed E-state index contributed by atoms with van der Waals surface area (Å²) in [7, 11) is 0. The SMILES string of the molecule is O=[N+]([O-])c1ccc2oc3c(NC4CCCCC4)nc(Cl)nc3c2c1. The van der Waals surface area contributed by atoms with Crippen LogP contribution in [0.2, 0.25) is 5.28 Å². The average molecular weight is 347 g/mol. The lowest BCUT2D eigenvalue weighted by Crippen LogP contribution is -2.23. The highest BCUT2D eigenvalue weighted by Gasteiger charge is 2.21. The van der Waals surface area contributed by atoms with E-state index in [1.807, 2.05) is 0 Å². The minimum atomic E-state index is -0.442. The molecule has 0 saturated heterocycles. The van der Waals surface area contributed by atoms with Crippen LogP contribution < -0.4 is 5.32 Å². The monoisotopic (exact) mass is 346 g/mol. The highest BCUT2D eigenvalue weighted by molar-refractivity contribution is 6.29. The fraction of sp³-hybridized carbons (Fsp3) is 0.375. The van der Waals surface area contributed by atoms with E-state index < -0.39 is 4.92 Å². The van der Waals surface area contributed by atoms with E-state index in [1.165, 1.54) is 31.4 Å². The van der Waals surface area contributed by atoms with Gasteiger partial charge in [-0.25, -0.2) is 4.98 Å². The average Bonchev–Trinajstić information content (AvgIpc) is 2.94. The smallest absolute Gasteiger partial charge is 0.270 e. The van der Waals surface area contributed by atoms with Crippen molar-refractivity contribution in [2.75, 3.05) is 5.32 Å². The topological polar surface area (TPSA) is 94.1 Å². The molecule has 2 heterocycles. The molecule has 1 aromatic carbocycles. The van der Waals surface area contributed by atoms with Crippen molar-refractivity contribution in [3.63, 3.8) is 0 Å². The predicted octanol–water partition coefficient (Wildman–Crippen LogP) is 4.68. The lowest BCUT2D eigenvalue weighted by Gasteiger charge is -2.23. The third kappa shape index (κ3) is 2.65. The standard InChI is InChI=1S/C16H15ClN4O3/c17-16-19-13-11-8-10(21(22)23)6-7-12(11)24-14(13)15(20-16)18-9-4-2-1-3-5-9/h6-9H,1-5H2,(H,18,19,20). The maximum Gasteiger partial charge on any atom is 0.270 e. The van der Waals surface area contributed by atoms with Crippen molar-refractivity contribution in [1.82, 2.24) is 9.97 Å². The maximum absolute atomic E-state index is 11.0. The number of aromatic nitrogens is 2. The summed E-state index contributed by atoms with van der Waals surface area (Å²) in [5, 5.41) is 15.1. The Morgan fingerprint density at radius 1 is 1.25 bits per heavy atom. The third-order valence-electron chi connectivity index (χ3n) is 4.43. The van der Waals surface area contributed by atoms with Gasteiger partial charge in [0.05, 0.1) is 10.3 Å². The Morgan fingerprint density at radius 2 is 2.04 bits per heavy atom. The molecule has 1 saturated carbocycles. The molecule has 1 aliphatic rings. The van der Waals surface area contributed by atoms with Crippen LogP contribution in [0.25, 0.3) is 22.1 Å². The molecule has 7 nitrogen and oxygen atoms in total. The molecule has 0 amide bonds. The first-order chi connectivity index (χ1) is 11.6. The van der Waals surface area contributed by atoms with Crippen LogP contribution in [0.3, 0.4) is 0 Å². The molecule has 124 valence electrons. The highest BCUT2D eigenvalue weighted by Crippen LogP contribution is 2.35. The Morgan fingerprint density at radius 3 is 2.79 bits per heavy atom. The van der Waals surface area contributed by atoms with Crippen molar-refractivity contribution >= 4 is 45.2 Å². The van der Waals surface area contributed by atoms with Gasteiger partial charge in [0, 0.05) is 18.2 Å². The zero-order valence-electron chi connectivity index (χ0n) is 12.8. The van der Waals surface area contributed by atoms with E-state index in [0.717, 1.165) is 12.8 Å². The van der Waals surface area contributed by atoms with Gasteiger partial charge in [0.15, 0.2) is 11.4 Å². The fourth-order valence-electron chi connectivity index (χ4n) is 3.26. The first kappa shape index (κ1) is 15.1. The molecule has 4 rings (SSSR count). The number of nitrogens with one attached hydrogen (secondary N) is 1. The molecular weight excluding hydrogens is 332 g/mol. The van der Waals surface area contributed by atoms with E-state index in [0.29, 0.717) is 33.9 Å². The molecule has 3 aromatic rings. The number of hydrogen-bond donors (Lipinski definition) is 1. The van der Waals surface area contributed by atoms with Gasteiger partial charge in [0.1, 0.15) is 11.1 Å². The lowest BCUT2D eigenvalue weighted by molar-refractivity contribution is -0.384. The highest BCUT2D eigenvalue weighted by atomic mass is 35.5. The summed E-state index contributed by atoms with van der Waals surface area (Å²) in [5.41, 5.74) is 1.49. The Kier molecular flexibility index (Phi) is 3.72. The van der Waals surface area contributed by atoms with Crippen molar-refractivity contribution in [3.8, 4) is 0 Å². The number of halogens is 1. The number of nitrogens with zero attached hydrogens (tertiary/aromatic N) is 3.